The molecule has 3 aromatic carbocycles. The number of rotatable bonds is 12. The van der Waals surface area contributed by atoms with Crippen molar-refractivity contribution in [2.75, 3.05) is 5.73 Å². The van der Waals surface area contributed by atoms with E-state index in [1.54, 1.807) is 18.3 Å². The Kier molecular flexibility index (Phi) is 9.40. The van der Waals surface area contributed by atoms with E-state index in [0.717, 1.165) is 21.6 Å². The van der Waals surface area contributed by atoms with E-state index < -0.39 is 23.5 Å². The minimum atomic E-state index is -1.32. The van der Waals surface area contributed by atoms with Crippen LogP contribution in [0.1, 0.15) is 62.5 Å². The van der Waals surface area contributed by atoms with Crippen LogP contribution in [0.3, 0.4) is 0 Å². The van der Waals surface area contributed by atoms with E-state index in [1.165, 1.54) is 11.3 Å². The van der Waals surface area contributed by atoms with Crippen LogP contribution < -0.4 is 21.9 Å². The zero-order valence-electron chi connectivity index (χ0n) is 26.5. The van der Waals surface area contributed by atoms with Gasteiger partial charge in [0.2, 0.25) is 11.9 Å². The smallest absolute Gasteiger partial charge is 0.326 e. The topological polar surface area (TPSA) is 183 Å². The number of amides is 2. The lowest BCUT2D eigenvalue weighted by Gasteiger charge is -2.37. The summed E-state index contributed by atoms with van der Waals surface area (Å²) in [6.45, 7) is 1.89. The zero-order chi connectivity index (χ0) is 34.5. The molecule has 0 spiro atoms. The quantitative estimate of drug-likeness (QED) is 0.0974. The van der Waals surface area contributed by atoms with Gasteiger partial charge in [-0.05, 0) is 40.8 Å². The number of aromatic nitrogens is 3. The Bertz CT molecular complexity index is 2060. The van der Waals surface area contributed by atoms with Gasteiger partial charge in [-0.25, -0.2) is 4.79 Å². The Morgan fingerprint density at radius 2 is 1.47 bits per heavy atom. The van der Waals surface area contributed by atoms with Gasteiger partial charge in [0.05, 0.1) is 10.3 Å². The lowest BCUT2D eigenvalue weighted by Crippen LogP contribution is -2.48. The van der Waals surface area contributed by atoms with Crippen molar-refractivity contribution in [3.63, 3.8) is 0 Å². The highest BCUT2D eigenvalue weighted by molar-refractivity contribution is 7.14. The Balaban J connectivity index is 1.18. The Labute approximate surface area is 285 Å². The summed E-state index contributed by atoms with van der Waals surface area (Å²) in [5.41, 5.74) is 7.80. The number of nitrogens with two attached hydrogens (primary N) is 1. The molecule has 0 aliphatic carbocycles. The molecule has 6 rings (SSSR count). The first-order valence-electron chi connectivity index (χ1n) is 15.6. The number of hydrogen-bond acceptors (Lipinski definition) is 7. The predicted octanol–water partition coefficient (Wildman–Crippen LogP) is 5.12. The number of hydrogen-bond donors (Lipinski definition) is 6. The molecule has 0 bridgehead atoms. The molecule has 0 aliphatic heterocycles. The summed E-state index contributed by atoms with van der Waals surface area (Å²) < 4.78 is 0. The predicted molar refractivity (Wildman–Crippen MR) is 188 cm³/mol. The average Bonchev–Trinajstić information content (AvgIpc) is 3.78. The number of nitrogen functional groups attached to an aromatic ring is 1. The van der Waals surface area contributed by atoms with Gasteiger partial charge in [-0.2, -0.15) is 4.98 Å². The molecule has 2 atom stereocenters. The normalized spacial score (nSPS) is 12.7. The molecule has 12 heteroatoms. The maximum atomic E-state index is 13.7. The lowest BCUT2D eigenvalue weighted by atomic mass is 9.77. The number of anilines is 1. The zero-order valence-corrected chi connectivity index (χ0v) is 27.3. The first-order valence-corrected chi connectivity index (χ1v) is 16.5. The highest BCUT2D eigenvalue weighted by Crippen LogP contribution is 2.37. The fourth-order valence-electron chi connectivity index (χ4n) is 6.10. The van der Waals surface area contributed by atoms with Crippen LogP contribution in [-0.4, -0.2) is 43.9 Å². The number of nitrogens with zero attached hydrogens (tertiary/aromatic N) is 1. The Hall–Kier alpha value is -6.01. The minimum absolute atomic E-state index is 0.00186. The number of aliphatic carboxylic acids is 1. The van der Waals surface area contributed by atoms with Crippen molar-refractivity contribution in [1.29, 1.82) is 0 Å². The fraction of sp³-hybridized carbons (Fsp3) is 0.162. The number of carboxylic acids is 1. The molecular weight excluding hydrogens is 641 g/mol. The van der Waals surface area contributed by atoms with Crippen LogP contribution in [0.15, 0.2) is 114 Å². The molecule has 7 N–H and O–H groups in total. The third-order valence-corrected chi connectivity index (χ3v) is 9.81. The monoisotopic (exact) mass is 674 g/mol. The second-order valence-electron chi connectivity index (χ2n) is 11.6. The second-order valence-corrected chi connectivity index (χ2v) is 12.8. The van der Waals surface area contributed by atoms with Gasteiger partial charge in [-0.15, -0.1) is 11.3 Å². The Morgan fingerprint density at radius 3 is 2.02 bits per heavy atom. The third-order valence-electron chi connectivity index (χ3n) is 8.55. The number of fused-ring (bicyclic) bond motifs is 1. The van der Waals surface area contributed by atoms with Crippen molar-refractivity contribution in [2.24, 2.45) is 0 Å². The lowest BCUT2D eigenvalue weighted by molar-refractivity contribution is -0.139. The van der Waals surface area contributed by atoms with Gasteiger partial charge in [0, 0.05) is 23.4 Å². The van der Waals surface area contributed by atoms with Crippen LogP contribution in [0.5, 0.6) is 0 Å². The van der Waals surface area contributed by atoms with Crippen molar-refractivity contribution in [2.45, 2.75) is 37.3 Å². The molecule has 3 aromatic heterocycles. The molecule has 0 aliphatic rings. The largest absolute Gasteiger partial charge is 0.480 e. The van der Waals surface area contributed by atoms with Crippen LogP contribution in [0.25, 0.3) is 11.0 Å². The number of carbonyl (C=O) groups excluding carboxylic acids is 2. The van der Waals surface area contributed by atoms with E-state index in [1.807, 2.05) is 97.9 Å². The van der Waals surface area contributed by atoms with Crippen LogP contribution in [0.4, 0.5) is 5.95 Å². The minimum Gasteiger partial charge on any atom is -0.480 e. The van der Waals surface area contributed by atoms with E-state index >= 15 is 0 Å². The van der Waals surface area contributed by atoms with Crippen molar-refractivity contribution in [1.82, 2.24) is 25.6 Å². The van der Waals surface area contributed by atoms with Crippen molar-refractivity contribution in [3.05, 3.63) is 152 Å². The fourth-order valence-corrected chi connectivity index (χ4v) is 7.08. The van der Waals surface area contributed by atoms with Crippen molar-refractivity contribution < 1.29 is 19.5 Å². The SMILES string of the molecule is CC(c1ccc(C(=O)N[C@@H](CCC(=O)NC(c2ccccc2)(c2ccccc2)c2ccccc2)C(=O)O)s1)c1c[nH]c2nc(N)[nH]c(=O)c12. The molecule has 3 heterocycles. The summed E-state index contributed by atoms with van der Waals surface area (Å²) >= 11 is 1.19. The van der Waals surface area contributed by atoms with Crippen LogP contribution in [0.2, 0.25) is 0 Å². The number of benzene rings is 3. The summed E-state index contributed by atoms with van der Waals surface area (Å²) in [6, 6.07) is 30.9. The second kappa shape index (κ2) is 14.0. The summed E-state index contributed by atoms with van der Waals surface area (Å²) in [5.74, 6) is -2.48. The summed E-state index contributed by atoms with van der Waals surface area (Å²) in [6.07, 6.45) is 1.39. The molecule has 1 unspecified atom stereocenters. The molecular formula is C37H34N6O5S. The van der Waals surface area contributed by atoms with Crippen molar-refractivity contribution >= 4 is 46.1 Å². The van der Waals surface area contributed by atoms with Crippen LogP contribution >= 0.6 is 11.3 Å². The van der Waals surface area contributed by atoms with Crippen LogP contribution in [-0.2, 0) is 15.1 Å². The molecule has 248 valence electrons. The van der Waals surface area contributed by atoms with E-state index in [4.69, 9.17) is 5.73 Å². The highest BCUT2D eigenvalue weighted by Gasteiger charge is 2.38. The van der Waals surface area contributed by atoms with Gasteiger partial charge >= 0.3 is 5.97 Å². The van der Waals surface area contributed by atoms with Crippen LogP contribution in [0, 0.1) is 0 Å². The first kappa shape index (κ1) is 32.9. The standard InChI is InChI=1S/C37H34N6O5S/c1-22(26-21-39-32-31(26)34(46)42-36(38)41-32)28-18-19-29(49-28)33(45)40-27(35(47)48)17-20-30(44)43-37(23-11-5-2-6-12-23,24-13-7-3-8-14-24)25-15-9-4-10-16-25/h2-16,18-19,21-22,27H,17,20H2,1H3,(H,40,45)(H,43,44)(H,47,48)(H4,38,39,41,42,46)/t22?,27-/m0/s1. The molecule has 0 saturated carbocycles. The number of carbonyl (C=O) groups is 3. The number of H-pyrrole nitrogens is 2. The van der Waals surface area contributed by atoms with Gasteiger partial charge in [0.15, 0.2) is 0 Å². The van der Waals surface area contributed by atoms with Gasteiger partial charge < -0.3 is 26.5 Å². The molecule has 6 aromatic rings. The molecule has 0 saturated heterocycles. The summed E-state index contributed by atoms with van der Waals surface area (Å²) in [7, 11) is 0. The first-order chi connectivity index (χ1) is 23.7. The maximum absolute atomic E-state index is 13.7. The van der Waals surface area contributed by atoms with E-state index in [9.17, 15) is 24.3 Å². The number of thiophene rings is 1. The molecule has 49 heavy (non-hydrogen) atoms. The molecule has 0 radical (unpaired) electrons. The number of aromatic amines is 2. The molecule has 0 fully saturated rings. The van der Waals surface area contributed by atoms with Crippen molar-refractivity contribution in [3.8, 4) is 0 Å². The van der Waals surface area contributed by atoms with Gasteiger partial charge in [0.25, 0.3) is 11.5 Å². The average molecular weight is 675 g/mol. The van der Waals surface area contributed by atoms with E-state index in [0.29, 0.717) is 21.5 Å². The van der Waals surface area contributed by atoms with E-state index in [2.05, 4.69) is 25.6 Å². The van der Waals surface area contributed by atoms with Gasteiger partial charge in [-0.3, -0.25) is 19.4 Å². The molecule has 2 amide bonds. The third kappa shape index (κ3) is 6.72. The molecule has 11 nitrogen and oxygen atoms in total. The summed E-state index contributed by atoms with van der Waals surface area (Å²) in [4.78, 5) is 62.6. The summed E-state index contributed by atoms with van der Waals surface area (Å²) in [5, 5.41) is 16.2. The number of nitrogens with one attached hydrogen (secondary N) is 4. The Morgan fingerprint density at radius 1 is 0.898 bits per heavy atom. The van der Waals surface area contributed by atoms with Gasteiger partial charge in [0.1, 0.15) is 17.2 Å². The number of carboxylic acid groups (broad SMARTS) is 1. The maximum Gasteiger partial charge on any atom is 0.326 e. The highest BCUT2D eigenvalue weighted by atomic mass is 32.1. The van der Waals surface area contributed by atoms with E-state index in [-0.39, 0.29) is 36.2 Å². The van der Waals surface area contributed by atoms with Gasteiger partial charge in [-0.1, -0.05) is 97.9 Å².